The Morgan fingerprint density at radius 2 is 2.38 bits per heavy atom. The first-order valence-electron chi connectivity index (χ1n) is 7.54. The van der Waals surface area contributed by atoms with Gasteiger partial charge in [0.05, 0.1) is 17.9 Å². The molecule has 1 aromatic heterocycles. The van der Waals surface area contributed by atoms with E-state index in [0.29, 0.717) is 29.7 Å². The molecule has 2 N–H and O–H groups in total. The fourth-order valence-electron chi connectivity index (χ4n) is 2.64. The summed E-state index contributed by atoms with van der Waals surface area (Å²) in [6.07, 6.45) is 3.80. The van der Waals surface area contributed by atoms with Gasteiger partial charge >= 0.3 is 5.97 Å². The van der Waals surface area contributed by atoms with Gasteiger partial charge in [0, 0.05) is 25.3 Å². The molecule has 116 valence electrons. The van der Waals surface area contributed by atoms with Crippen molar-refractivity contribution in [1.29, 1.82) is 0 Å². The molecule has 0 aromatic carbocycles. The van der Waals surface area contributed by atoms with Crippen LogP contribution in [0.4, 0.5) is 5.95 Å². The lowest BCUT2D eigenvalue weighted by molar-refractivity contribution is 0.0524. The number of carbonyl (C=O) groups excluding carboxylic acids is 1. The Kier molecular flexibility index (Phi) is 5.12. The van der Waals surface area contributed by atoms with Crippen LogP contribution in [0.25, 0.3) is 0 Å². The van der Waals surface area contributed by atoms with Gasteiger partial charge in [0.1, 0.15) is 0 Å². The van der Waals surface area contributed by atoms with Crippen LogP contribution in [0.3, 0.4) is 0 Å². The molecule has 21 heavy (non-hydrogen) atoms. The van der Waals surface area contributed by atoms with Crippen LogP contribution in [0.5, 0.6) is 0 Å². The van der Waals surface area contributed by atoms with Crippen molar-refractivity contribution in [2.75, 3.05) is 24.6 Å². The van der Waals surface area contributed by atoms with Crippen molar-refractivity contribution < 1.29 is 9.53 Å². The normalized spacial score (nSPS) is 20.2. The van der Waals surface area contributed by atoms with Crippen molar-refractivity contribution in [3.63, 3.8) is 0 Å². The standard InChI is InChI=1S/C15H24N4O2/c1-4-21-14(20)13-8-17-15(18-11(13)3)19-7-5-6-12(9-19)10(2)16/h8,10,12H,4-7,9,16H2,1-3H3. The number of nitrogens with two attached hydrogens (primary N) is 1. The average Bonchev–Trinajstić information content (AvgIpc) is 2.47. The summed E-state index contributed by atoms with van der Waals surface area (Å²) in [6, 6.07) is 0.174. The third-order valence-electron chi connectivity index (χ3n) is 3.95. The highest BCUT2D eigenvalue weighted by Gasteiger charge is 2.25. The number of rotatable bonds is 4. The van der Waals surface area contributed by atoms with Crippen LogP contribution in [0.2, 0.25) is 0 Å². The van der Waals surface area contributed by atoms with E-state index in [0.717, 1.165) is 25.9 Å². The SMILES string of the molecule is CCOC(=O)c1cnc(N2CCCC(C(C)N)C2)nc1C. The van der Waals surface area contributed by atoms with Gasteiger partial charge in [0.15, 0.2) is 0 Å². The van der Waals surface area contributed by atoms with E-state index in [1.54, 1.807) is 13.1 Å². The zero-order valence-electron chi connectivity index (χ0n) is 13.0. The Balaban J connectivity index is 2.14. The number of carbonyl (C=O) groups is 1. The smallest absolute Gasteiger partial charge is 0.341 e. The van der Waals surface area contributed by atoms with Gasteiger partial charge in [-0.3, -0.25) is 0 Å². The molecule has 6 heteroatoms. The molecule has 2 rings (SSSR count). The van der Waals surface area contributed by atoms with E-state index >= 15 is 0 Å². The Bertz CT molecular complexity index is 504. The van der Waals surface area contributed by atoms with Crippen LogP contribution in [-0.4, -0.2) is 41.7 Å². The number of esters is 1. The lowest BCUT2D eigenvalue weighted by Crippen LogP contribution is -2.43. The van der Waals surface area contributed by atoms with Crippen LogP contribution in [-0.2, 0) is 4.74 Å². The van der Waals surface area contributed by atoms with Gasteiger partial charge in [-0.15, -0.1) is 0 Å². The van der Waals surface area contributed by atoms with Gasteiger partial charge in [-0.1, -0.05) is 0 Å². The summed E-state index contributed by atoms with van der Waals surface area (Å²) in [5.74, 6) is 0.770. The highest BCUT2D eigenvalue weighted by atomic mass is 16.5. The molecule has 1 aromatic rings. The first-order chi connectivity index (χ1) is 10.0. The Labute approximate surface area is 125 Å². The minimum atomic E-state index is -0.367. The number of aryl methyl sites for hydroxylation is 1. The lowest BCUT2D eigenvalue weighted by atomic mass is 9.92. The first-order valence-corrected chi connectivity index (χ1v) is 7.54. The number of hydrogen-bond donors (Lipinski definition) is 1. The lowest BCUT2D eigenvalue weighted by Gasteiger charge is -2.34. The summed E-state index contributed by atoms with van der Waals surface area (Å²) in [5.41, 5.74) is 7.09. The summed E-state index contributed by atoms with van der Waals surface area (Å²) in [4.78, 5) is 22.7. The quantitative estimate of drug-likeness (QED) is 0.847. The summed E-state index contributed by atoms with van der Waals surface area (Å²) >= 11 is 0. The predicted octanol–water partition coefficient (Wildman–Crippen LogP) is 1.53. The van der Waals surface area contributed by atoms with Crippen molar-refractivity contribution in [2.24, 2.45) is 11.7 Å². The molecule has 0 spiro atoms. The molecule has 0 bridgehead atoms. The molecule has 2 heterocycles. The molecule has 1 aliphatic rings. The number of piperidine rings is 1. The summed E-state index contributed by atoms with van der Waals surface area (Å²) < 4.78 is 4.99. The van der Waals surface area contributed by atoms with E-state index in [1.165, 1.54) is 0 Å². The summed E-state index contributed by atoms with van der Waals surface area (Å²) in [7, 11) is 0. The van der Waals surface area contributed by atoms with Crippen molar-refractivity contribution in [1.82, 2.24) is 9.97 Å². The van der Waals surface area contributed by atoms with E-state index in [2.05, 4.69) is 14.9 Å². The average molecular weight is 292 g/mol. The summed E-state index contributed by atoms with van der Waals surface area (Å²) in [6.45, 7) is 7.79. The number of anilines is 1. The number of hydrogen-bond acceptors (Lipinski definition) is 6. The summed E-state index contributed by atoms with van der Waals surface area (Å²) in [5, 5.41) is 0. The predicted molar refractivity (Wildman–Crippen MR) is 81.3 cm³/mol. The molecular weight excluding hydrogens is 268 g/mol. The van der Waals surface area contributed by atoms with E-state index in [-0.39, 0.29) is 12.0 Å². The Morgan fingerprint density at radius 3 is 3.00 bits per heavy atom. The van der Waals surface area contributed by atoms with Gasteiger partial charge < -0.3 is 15.4 Å². The first kappa shape index (κ1) is 15.7. The van der Waals surface area contributed by atoms with E-state index in [1.807, 2.05) is 13.8 Å². The van der Waals surface area contributed by atoms with Gasteiger partial charge in [-0.2, -0.15) is 0 Å². The van der Waals surface area contributed by atoms with Crippen molar-refractivity contribution >= 4 is 11.9 Å². The number of aromatic nitrogens is 2. The molecule has 1 aliphatic heterocycles. The van der Waals surface area contributed by atoms with E-state index < -0.39 is 0 Å². The largest absolute Gasteiger partial charge is 0.462 e. The van der Waals surface area contributed by atoms with Crippen LogP contribution in [0.15, 0.2) is 6.20 Å². The molecule has 0 radical (unpaired) electrons. The minimum absolute atomic E-state index is 0.174. The van der Waals surface area contributed by atoms with Gasteiger partial charge in [0.25, 0.3) is 0 Å². The molecule has 1 saturated heterocycles. The fraction of sp³-hybridized carbons (Fsp3) is 0.667. The van der Waals surface area contributed by atoms with Gasteiger partial charge in [-0.25, -0.2) is 14.8 Å². The minimum Gasteiger partial charge on any atom is -0.462 e. The third kappa shape index (κ3) is 3.69. The van der Waals surface area contributed by atoms with Crippen LogP contribution < -0.4 is 10.6 Å². The molecule has 6 nitrogen and oxygen atoms in total. The van der Waals surface area contributed by atoms with Crippen LogP contribution in [0.1, 0.15) is 42.7 Å². The molecular formula is C15H24N4O2. The van der Waals surface area contributed by atoms with Crippen molar-refractivity contribution in [3.05, 3.63) is 17.5 Å². The maximum Gasteiger partial charge on any atom is 0.341 e. The number of nitrogens with zero attached hydrogens (tertiary/aromatic N) is 3. The second-order valence-electron chi connectivity index (χ2n) is 5.60. The van der Waals surface area contributed by atoms with Crippen LogP contribution >= 0.6 is 0 Å². The topological polar surface area (TPSA) is 81.3 Å². The zero-order chi connectivity index (χ0) is 15.4. The van der Waals surface area contributed by atoms with E-state index in [9.17, 15) is 4.79 Å². The van der Waals surface area contributed by atoms with Crippen molar-refractivity contribution in [3.8, 4) is 0 Å². The molecule has 0 amide bonds. The highest BCUT2D eigenvalue weighted by molar-refractivity contribution is 5.90. The monoisotopic (exact) mass is 292 g/mol. The molecule has 0 aliphatic carbocycles. The highest BCUT2D eigenvalue weighted by Crippen LogP contribution is 2.22. The maximum absolute atomic E-state index is 11.8. The molecule has 1 fully saturated rings. The maximum atomic E-state index is 11.8. The number of ether oxygens (including phenoxy) is 1. The van der Waals surface area contributed by atoms with Crippen LogP contribution in [0, 0.1) is 12.8 Å². The molecule has 2 unspecified atom stereocenters. The second kappa shape index (κ2) is 6.85. The molecule has 2 atom stereocenters. The zero-order valence-corrected chi connectivity index (χ0v) is 13.0. The van der Waals surface area contributed by atoms with Gasteiger partial charge in [0.2, 0.25) is 5.95 Å². The second-order valence-corrected chi connectivity index (χ2v) is 5.60. The van der Waals surface area contributed by atoms with E-state index in [4.69, 9.17) is 10.5 Å². The fourth-order valence-corrected chi connectivity index (χ4v) is 2.64. The Hall–Kier alpha value is -1.69. The molecule has 0 saturated carbocycles. The van der Waals surface area contributed by atoms with Crippen molar-refractivity contribution in [2.45, 2.75) is 39.7 Å². The van der Waals surface area contributed by atoms with Gasteiger partial charge in [-0.05, 0) is 39.5 Å². The Morgan fingerprint density at radius 1 is 1.62 bits per heavy atom. The third-order valence-corrected chi connectivity index (χ3v) is 3.95.